The number of carbonyl (C=O) groups is 1. The molecule has 0 aliphatic carbocycles. The van der Waals surface area contributed by atoms with Gasteiger partial charge < -0.3 is 9.80 Å². The zero-order valence-corrected chi connectivity index (χ0v) is 14.3. The third-order valence-corrected chi connectivity index (χ3v) is 4.45. The molecule has 1 amide bonds. The topological polar surface area (TPSA) is 71.1 Å². The monoisotopic (exact) mass is 342 g/mol. The molecule has 6 heteroatoms. The van der Waals surface area contributed by atoms with E-state index in [-0.39, 0.29) is 24.1 Å². The molecular formula is C19H23FN4O. The van der Waals surface area contributed by atoms with Gasteiger partial charge in [0.05, 0.1) is 24.5 Å². The molecule has 1 unspecified atom stereocenters. The quantitative estimate of drug-likeness (QED) is 0.795. The van der Waals surface area contributed by atoms with E-state index in [0.717, 1.165) is 19.5 Å². The van der Waals surface area contributed by atoms with Crippen molar-refractivity contribution < 1.29 is 9.18 Å². The van der Waals surface area contributed by atoms with Crippen molar-refractivity contribution in [3.8, 4) is 12.1 Å². The summed E-state index contributed by atoms with van der Waals surface area (Å²) in [6.45, 7) is 3.50. The average Bonchev–Trinajstić information content (AvgIpc) is 2.84. The van der Waals surface area contributed by atoms with Crippen molar-refractivity contribution >= 4 is 5.91 Å². The summed E-state index contributed by atoms with van der Waals surface area (Å²) in [5.74, 6) is -0.463. The molecule has 1 heterocycles. The summed E-state index contributed by atoms with van der Waals surface area (Å²) in [5.41, 5.74) is 0.687. The lowest BCUT2D eigenvalue weighted by atomic mass is 10.0. The molecule has 1 aromatic carbocycles. The van der Waals surface area contributed by atoms with E-state index in [1.165, 1.54) is 12.1 Å². The van der Waals surface area contributed by atoms with E-state index < -0.39 is 0 Å². The molecular weight excluding hydrogens is 319 g/mol. The van der Waals surface area contributed by atoms with Crippen LogP contribution >= 0.6 is 0 Å². The number of hydrogen-bond acceptors (Lipinski definition) is 4. The first-order chi connectivity index (χ1) is 12.1. The molecule has 0 spiro atoms. The van der Waals surface area contributed by atoms with E-state index in [4.69, 9.17) is 5.26 Å². The van der Waals surface area contributed by atoms with Gasteiger partial charge in [0.1, 0.15) is 5.82 Å². The Morgan fingerprint density at radius 3 is 2.80 bits per heavy atom. The van der Waals surface area contributed by atoms with Crippen molar-refractivity contribution in [2.24, 2.45) is 5.92 Å². The molecule has 1 aliphatic heterocycles. The third-order valence-electron chi connectivity index (χ3n) is 4.45. The van der Waals surface area contributed by atoms with Crippen LogP contribution in [-0.2, 0) is 11.2 Å². The lowest BCUT2D eigenvalue weighted by Gasteiger charge is -2.23. The summed E-state index contributed by atoms with van der Waals surface area (Å²) in [5, 5.41) is 17.9. The fourth-order valence-electron chi connectivity index (χ4n) is 3.08. The lowest BCUT2D eigenvalue weighted by Crippen LogP contribution is -2.37. The molecule has 25 heavy (non-hydrogen) atoms. The molecule has 0 aromatic heterocycles. The van der Waals surface area contributed by atoms with Gasteiger partial charge in [-0.05, 0) is 37.1 Å². The van der Waals surface area contributed by atoms with Crippen LogP contribution in [0.3, 0.4) is 0 Å². The Morgan fingerprint density at radius 2 is 2.08 bits per heavy atom. The van der Waals surface area contributed by atoms with Gasteiger partial charge in [-0.1, -0.05) is 12.1 Å². The maximum atomic E-state index is 13.2. The van der Waals surface area contributed by atoms with E-state index >= 15 is 0 Å². The zero-order valence-electron chi connectivity index (χ0n) is 14.3. The molecule has 0 N–H and O–H groups in total. The van der Waals surface area contributed by atoms with Gasteiger partial charge in [-0.2, -0.15) is 10.5 Å². The van der Waals surface area contributed by atoms with Crippen LogP contribution in [0.4, 0.5) is 4.39 Å². The second-order valence-electron chi connectivity index (χ2n) is 6.36. The number of benzene rings is 1. The minimum Gasteiger partial charge on any atom is -0.341 e. The van der Waals surface area contributed by atoms with Gasteiger partial charge in [0.25, 0.3) is 0 Å². The molecule has 5 nitrogen and oxygen atoms in total. The molecule has 0 radical (unpaired) electrons. The summed E-state index contributed by atoms with van der Waals surface area (Å²) in [6, 6.07) is 10.5. The van der Waals surface area contributed by atoms with Crippen molar-refractivity contribution in [3.05, 3.63) is 35.6 Å². The molecule has 0 bridgehead atoms. The first-order valence-corrected chi connectivity index (χ1v) is 8.63. The second-order valence-corrected chi connectivity index (χ2v) is 6.36. The van der Waals surface area contributed by atoms with Crippen molar-refractivity contribution in [3.63, 3.8) is 0 Å². The molecule has 1 fully saturated rings. The van der Waals surface area contributed by atoms with Gasteiger partial charge in [-0.25, -0.2) is 4.39 Å². The standard InChI is InChI=1S/C19H23FN4O/c20-18-6-1-4-16(12-18)13-19(25)24-9-3-8-23(10-11-24)15-17(14-22)5-2-7-21/h1,4,6,12,17H,2-3,5,8-11,13,15H2. The summed E-state index contributed by atoms with van der Waals surface area (Å²) < 4.78 is 13.2. The molecule has 2 rings (SSSR count). The largest absolute Gasteiger partial charge is 0.341 e. The molecule has 132 valence electrons. The van der Waals surface area contributed by atoms with Crippen LogP contribution in [0, 0.1) is 34.4 Å². The Bertz CT molecular complexity index is 664. The maximum absolute atomic E-state index is 13.2. The highest BCUT2D eigenvalue weighted by Crippen LogP contribution is 2.12. The first-order valence-electron chi connectivity index (χ1n) is 8.63. The highest BCUT2D eigenvalue weighted by Gasteiger charge is 2.21. The fourth-order valence-corrected chi connectivity index (χ4v) is 3.08. The SMILES string of the molecule is N#CCCC(C#N)CN1CCCN(C(=O)Cc2cccc(F)c2)CC1. The van der Waals surface area contributed by atoms with Gasteiger partial charge in [0.15, 0.2) is 0 Å². The number of hydrogen-bond donors (Lipinski definition) is 0. The average molecular weight is 342 g/mol. The number of halogens is 1. The van der Waals surface area contributed by atoms with Crippen molar-refractivity contribution in [2.45, 2.75) is 25.7 Å². The molecule has 1 atom stereocenters. The summed E-state index contributed by atoms with van der Waals surface area (Å²) in [6.07, 6.45) is 2.04. The fraction of sp³-hybridized carbons (Fsp3) is 0.526. The van der Waals surface area contributed by atoms with Crippen molar-refractivity contribution in [1.29, 1.82) is 10.5 Å². The minimum absolute atomic E-state index is 0.00811. The highest BCUT2D eigenvalue weighted by molar-refractivity contribution is 5.78. The van der Waals surface area contributed by atoms with Gasteiger partial charge in [-0.15, -0.1) is 0 Å². The number of nitrogens with zero attached hydrogens (tertiary/aromatic N) is 4. The first kappa shape index (κ1) is 18.9. The number of amides is 1. The van der Waals surface area contributed by atoms with Crippen LogP contribution in [-0.4, -0.2) is 48.4 Å². The Kier molecular flexibility index (Phi) is 7.37. The number of nitriles is 2. The number of rotatable bonds is 6. The predicted molar refractivity (Wildman–Crippen MR) is 91.7 cm³/mol. The Labute approximate surface area is 148 Å². The zero-order chi connectivity index (χ0) is 18.1. The van der Waals surface area contributed by atoms with Crippen LogP contribution < -0.4 is 0 Å². The van der Waals surface area contributed by atoms with E-state index in [2.05, 4.69) is 17.0 Å². The Balaban J connectivity index is 1.85. The molecule has 1 aliphatic rings. The van der Waals surface area contributed by atoms with Crippen LogP contribution in [0.1, 0.15) is 24.8 Å². The van der Waals surface area contributed by atoms with Gasteiger partial charge >= 0.3 is 0 Å². The third kappa shape index (κ3) is 6.17. The van der Waals surface area contributed by atoms with E-state index in [0.29, 0.717) is 38.0 Å². The van der Waals surface area contributed by atoms with E-state index in [1.54, 1.807) is 12.1 Å². The van der Waals surface area contributed by atoms with E-state index in [9.17, 15) is 14.4 Å². The predicted octanol–water partition coefficient (Wildman–Crippen LogP) is 2.35. The second kappa shape index (κ2) is 9.76. The minimum atomic E-state index is -0.327. The maximum Gasteiger partial charge on any atom is 0.227 e. The van der Waals surface area contributed by atoms with Crippen LogP contribution in [0.25, 0.3) is 0 Å². The van der Waals surface area contributed by atoms with Gasteiger partial charge in [0, 0.05) is 32.6 Å². The van der Waals surface area contributed by atoms with Crippen molar-refractivity contribution in [2.75, 3.05) is 32.7 Å². The van der Waals surface area contributed by atoms with Crippen LogP contribution in [0.2, 0.25) is 0 Å². The molecule has 0 saturated carbocycles. The summed E-state index contributed by atoms with van der Waals surface area (Å²) in [4.78, 5) is 16.5. The molecule has 1 saturated heterocycles. The summed E-state index contributed by atoms with van der Waals surface area (Å²) in [7, 11) is 0. The van der Waals surface area contributed by atoms with Crippen LogP contribution in [0.5, 0.6) is 0 Å². The van der Waals surface area contributed by atoms with Crippen LogP contribution in [0.15, 0.2) is 24.3 Å². The lowest BCUT2D eigenvalue weighted by molar-refractivity contribution is -0.130. The van der Waals surface area contributed by atoms with Crippen molar-refractivity contribution in [1.82, 2.24) is 9.80 Å². The molecule has 1 aromatic rings. The van der Waals surface area contributed by atoms with E-state index in [1.807, 2.05) is 4.90 Å². The number of carbonyl (C=O) groups excluding carboxylic acids is 1. The highest BCUT2D eigenvalue weighted by atomic mass is 19.1. The van der Waals surface area contributed by atoms with Gasteiger partial charge in [0.2, 0.25) is 5.91 Å². The van der Waals surface area contributed by atoms with Gasteiger partial charge in [-0.3, -0.25) is 4.79 Å². The smallest absolute Gasteiger partial charge is 0.227 e. The Morgan fingerprint density at radius 1 is 1.24 bits per heavy atom. The normalized spacial score (nSPS) is 16.5. The summed E-state index contributed by atoms with van der Waals surface area (Å²) >= 11 is 0. The Hall–Kier alpha value is -2.44.